The van der Waals surface area contributed by atoms with Gasteiger partial charge < -0.3 is 10.5 Å². The van der Waals surface area contributed by atoms with Gasteiger partial charge in [0.25, 0.3) is 11.8 Å². The van der Waals surface area contributed by atoms with Crippen molar-refractivity contribution in [3.05, 3.63) is 29.3 Å². The van der Waals surface area contributed by atoms with Crippen LogP contribution in [0.2, 0.25) is 0 Å². The molecule has 0 saturated heterocycles. The summed E-state index contributed by atoms with van der Waals surface area (Å²) in [5.41, 5.74) is 6.74. The Morgan fingerprint density at radius 3 is 2.65 bits per heavy atom. The summed E-state index contributed by atoms with van der Waals surface area (Å²) in [5.74, 6) is -0.645. The fourth-order valence-corrected chi connectivity index (χ4v) is 1.86. The minimum Gasteiger partial charge on any atom is -0.398 e. The van der Waals surface area contributed by atoms with Gasteiger partial charge in [0.05, 0.1) is 23.8 Å². The molecule has 0 saturated carbocycles. The number of carbonyl (C=O) groups excluding carboxylic acids is 2. The summed E-state index contributed by atoms with van der Waals surface area (Å²) in [7, 11) is 1.54. The van der Waals surface area contributed by atoms with E-state index in [-0.39, 0.29) is 24.5 Å². The molecule has 0 aromatic heterocycles. The maximum Gasteiger partial charge on any atom is 0.263 e. The number of hydrogen-bond donors (Lipinski definition) is 1. The normalized spacial score (nSPS) is 16.2. The zero-order chi connectivity index (χ0) is 12.6. The van der Waals surface area contributed by atoms with E-state index in [4.69, 9.17) is 10.5 Å². The summed E-state index contributed by atoms with van der Waals surface area (Å²) in [4.78, 5) is 25.2. The number of fused-ring (bicyclic) bond motifs is 1. The van der Waals surface area contributed by atoms with Crippen LogP contribution in [0.3, 0.4) is 0 Å². The number of imide groups is 1. The smallest absolute Gasteiger partial charge is 0.263 e. The second-order valence-electron chi connectivity index (χ2n) is 4.04. The third-order valence-electron chi connectivity index (χ3n) is 2.87. The SMILES string of the molecule is COC(C)CN1C(=O)c2cccc(N)c2C1=O. The van der Waals surface area contributed by atoms with Crippen molar-refractivity contribution in [1.29, 1.82) is 0 Å². The Balaban J connectivity index is 2.36. The van der Waals surface area contributed by atoms with Gasteiger partial charge in [-0.3, -0.25) is 14.5 Å². The molecular weight excluding hydrogens is 220 g/mol. The summed E-state index contributed by atoms with van der Waals surface area (Å²) >= 11 is 0. The predicted octanol–water partition coefficient (Wildman–Crippen LogP) is 0.900. The topological polar surface area (TPSA) is 72.6 Å². The van der Waals surface area contributed by atoms with E-state index < -0.39 is 0 Å². The Morgan fingerprint density at radius 2 is 2.06 bits per heavy atom. The molecule has 1 unspecified atom stereocenters. The van der Waals surface area contributed by atoms with Crippen LogP contribution in [-0.2, 0) is 4.74 Å². The molecule has 1 aliphatic rings. The van der Waals surface area contributed by atoms with E-state index in [0.717, 1.165) is 0 Å². The van der Waals surface area contributed by atoms with Gasteiger partial charge in [0, 0.05) is 12.8 Å². The van der Waals surface area contributed by atoms with Gasteiger partial charge in [-0.2, -0.15) is 0 Å². The standard InChI is InChI=1S/C12H14N2O3/c1-7(17-2)6-14-11(15)8-4-3-5-9(13)10(8)12(14)16/h3-5,7H,6,13H2,1-2H3. The third kappa shape index (κ3) is 1.78. The van der Waals surface area contributed by atoms with Crippen LogP contribution in [0.4, 0.5) is 5.69 Å². The fraction of sp³-hybridized carbons (Fsp3) is 0.333. The van der Waals surface area contributed by atoms with E-state index in [1.54, 1.807) is 25.1 Å². The first-order chi connectivity index (χ1) is 8.06. The Morgan fingerprint density at radius 1 is 1.35 bits per heavy atom. The average molecular weight is 234 g/mol. The molecule has 1 aromatic rings. The maximum absolute atomic E-state index is 12.0. The summed E-state index contributed by atoms with van der Waals surface area (Å²) < 4.78 is 5.06. The Bertz CT molecular complexity index is 485. The molecule has 2 rings (SSSR count). The van der Waals surface area contributed by atoms with Crippen LogP contribution in [0.25, 0.3) is 0 Å². The number of carbonyl (C=O) groups is 2. The molecule has 2 N–H and O–H groups in total. The van der Waals surface area contributed by atoms with Gasteiger partial charge in [0.15, 0.2) is 0 Å². The Hall–Kier alpha value is -1.88. The number of rotatable bonds is 3. The number of hydrogen-bond acceptors (Lipinski definition) is 4. The number of nitrogens with zero attached hydrogens (tertiary/aromatic N) is 1. The Labute approximate surface area is 99.2 Å². The highest BCUT2D eigenvalue weighted by molar-refractivity contribution is 6.23. The van der Waals surface area contributed by atoms with Crippen molar-refractivity contribution < 1.29 is 14.3 Å². The molecular formula is C12H14N2O3. The third-order valence-corrected chi connectivity index (χ3v) is 2.87. The number of nitrogen functional groups attached to an aromatic ring is 1. The second kappa shape index (κ2) is 4.18. The highest BCUT2D eigenvalue weighted by Gasteiger charge is 2.37. The molecule has 5 heteroatoms. The molecule has 0 fully saturated rings. The lowest BCUT2D eigenvalue weighted by molar-refractivity contribution is 0.0484. The minimum atomic E-state index is -0.341. The van der Waals surface area contributed by atoms with Crippen LogP contribution in [0.5, 0.6) is 0 Å². The fourth-order valence-electron chi connectivity index (χ4n) is 1.86. The molecule has 1 heterocycles. The van der Waals surface area contributed by atoms with Gasteiger partial charge in [0.2, 0.25) is 0 Å². The predicted molar refractivity (Wildman–Crippen MR) is 62.7 cm³/mol. The largest absolute Gasteiger partial charge is 0.398 e. The van der Waals surface area contributed by atoms with Crippen molar-refractivity contribution in [2.24, 2.45) is 0 Å². The maximum atomic E-state index is 12.0. The van der Waals surface area contributed by atoms with Crippen LogP contribution in [0.1, 0.15) is 27.6 Å². The lowest BCUT2D eigenvalue weighted by Gasteiger charge is -2.17. The summed E-state index contributed by atoms with van der Waals surface area (Å²) in [5, 5.41) is 0. The lowest BCUT2D eigenvalue weighted by atomic mass is 10.1. The minimum absolute atomic E-state index is 0.196. The number of anilines is 1. The van der Waals surface area contributed by atoms with Gasteiger partial charge in [-0.25, -0.2) is 0 Å². The molecule has 0 spiro atoms. The lowest BCUT2D eigenvalue weighted by Crippen LogP contribution is -2.36. The molecule has 17 heavy (non-hydrogen) atoms. The molecule has 2 amide bonds. The summed E-state index contributed by atoms with van der Waals surface area (Å²) in [6, 6.07) is 4.90. The first kappa shape index (κ1) is 11.6. The summed E-state index contributed by atoms with van der Waals surface area (Å²) in [6.45, 7) is 2.04. The van der Waals surface area contributed by atoms with Gasteiger partial charge >= 0.3 is 0 Å². The highest BCUT2D eigenvalue weighted by atomic mass is 16.5. The highest BCUT2D eigenvalue weighted by Crippen LogP contribution is 2.27. The van der Waals surface area contributed by atoms with Crippen molar-refractivity contribution in [2.45, 2.75) is 13.0 Å². The van der Waals surface area contributed by atoms with Crippen LogP contribution >= 0.6 is 0 Å². The van der Waals surface area contributed by atoms with Gasteiger partial charge in [-0.15, -0.1) is 0 Å². The first-order valence-electron chi connectivity index (χ1n) is 5.33. The van der Waals surface area contributed by atoms with Crippen LogP contribution in [0, 0.1) is 0 Å². The molecule has 0 bridgehead atoms. The van der Waals surface area contributed by atoms with E-state index in [1.165, 1.54) is 12.0 Å². The van der Waals surface area contributed by atoms with Gasteiger partial charge in [-0.05, 0) is 19.1 Å². The molecule has 0 radical (unpaired) electrons. The number of amides is 2. The average Bonchev–Trinajstić information content (AvgIpc) is 2.55. The number of methoxy groups -OCH3 is 1. The van der Waals surface area contributed by atoms with E-state index in [2.05, 4.69) is 0 Å². The molecule has 90 valence electrons. The molecule has 5 nitrogen and oxygen atoms in total. The van der Waals surface area contributed by atoms with E-state index >= 15 is 0 Å². The zero-order valence-electron chi connectivity index (χ0n) is 9.77. The van der Waals surface area contributed by atoms with Crippen molar-refractivity contribution in [3.63, 3.8) is 0 Å². The number of benzene rings is 1. The van der Waals surface area contributed by atoms with Gasteiger partial charge in [0.1, 0.15) is 0 Å². The molecule has 1 atom stereocenters. The van der Waals surface area contributed by atoms with E-state index in [9.17, 15) is 9.59 Å². The molecule has 1 aromatic carbocycles. The van der Waals surface area contributed by atoms with Crippen molar-refractivity contribution in [3.8, 4) is 0 Å². The Kier molecular flexibility index (Phi) is 2.85. The number of ether oxygens (including phenoxy) is 1. The van der Waals surface area contributed by atoms with Gasteiger partial charge in [-0.1, -0.05) is 6.07 Å². The number of nitrogens with two attached hydrogens (primary N) is 1. The molecule has 1 aliphatic heterocycles. The van der Waals surface area contributed by atoms with Crippen LogP contribution in [-0.4, -0.2) is 36.5 Å². The van der Waals surface area contributed by atoms with Crippen molar-refractivity contribution >= 4 is 17.5 Å². The monoisotopic (exact) mass is 234 g/mol. The van der Waals surface area contributed by atoms with Crippen LogP contribution in [0.15, 0.2) is 18.2 Å². The summed E-state index contributed by atoms with van der Waals surface area (Å²) in [6.07, 6.45) is -0.196. The van der Waals surface area contributed by atoms with Crippen molar-refractivity contribution in [1.82, 2.24) is 4.90 Å². The van der Waals surface area contributed by atoms with Crippen molar-refractivity contribution in [2.75, 3.05) is 19.4 Å². The second-order valence-corrected chi connectivity index (χ2v) is 4.04. The zero-order valence-corrected chi connectivity index (χ0v) is 9.77. The van der Waals surface area contributed by atoms with E-state index in [1.807, 2.05) is 0 Å². The van der Waals surface area contributed by atoms with E-state index in [0.29, 0.717) is 16.8 Å². The van der Waals surface area contributed by atoms with Crippen LogP contribution < -0.4 is 5.73 Å². The first-order valence-corrected chi connectivity index (χ1v) is 5.33. The molecule has 0 aliphatic carbocycles. The quantitative estimate of drug-likeness (QED) is 0.623.